The number of halogens is 1. The highest BCUT2D eigenvalue weighted by molar-refractivity contribution is 7.99. The van der Waals surface area contributed by atoms with Crippen molar-refractivity contribution in [2.45, 2.75) is 18.5 Å². The fourth-order valence-corrected chi connectivity index (χ4v) is 3.19. The van der Waals surface area contributed by atoms with Crippen LogP contribution in [0.15, 0.2) is 58.5 Å². The van der Waals surface area contributed by atoms with Crippen molar-refractivity contribution in [2.24, 2.45) is 0 Å². The summed E-state index contributed by atoms with van der Waals surface area (Å²) in [5.74, 6) is -0.400. The Morgan fingerprint density at radius 3 is 2.47 bits per heavy atom. The average molecular weight is 444 g/mol. The Hall–Kier alpha value is -3.17. The number of nitrogens with zero attached hydrogens (tertiary/aromatic N) is 2. The van der Waals surface area contributed by atoms with Crippen LogP contribution in [-0.2, 0) is 9.59 Å². The third-order valence-corrected chi connectivity index (χ3v) is 5.04. The van der Waals surface area contributed by atoms with Crippen molar-refractivity contribution in [3.8, 4) is 11.3 Å². The first kappa shape index (κ1) is 21.5. The molecule has 3 rings (SSSR count). The van der Waals surface area contributed by atoms with Gasteiger partial charge >= 0.3 is 0 Å². The molecule has 8 nitrogen and oxygen atoms in total. The van der Waals surface area contributed by atoms with Gasteiger partial charge in [-0.2, -0.15) is 0 Å². The average Bonchev–Trinajstić information content (AvgIpc) is 2.74. The predicted octanol–water partition coefficient (Wildman–Crippen LogP) is 3.56. The van der Waals surface area contributed by atoms with Gasteiger partial charge in [-0.05, 0) is 30.3 Å². The van der Waals surface area contributed by atoms with Gasteiger partial charge in [0.05, 0.1) is 11.4 Å². The molecule has 0 saturated carbocycles. The van der Waals surface area contributed by atoms with E-state index < -0.39 is 5.56 Å². The third-order valence-electron chi connectivity index (χ3n) is 3.92. The summed E-state index contributed by atoms with van der Waals surface area (Å²) in [7, 11) is 0. The maximum atomic E-state index is 12.5. The predicted molar refractivity (Wildman–Crippen MR) is 118 cm³/mol. The van der Waals surface area contributed by atoms with Gasteiger partial charge < -0.3 is 10.6 Å². The van der Waals surface area contributed by atoms with E-state index in [9.17, 15) is 14.4 Å². The van der Waals surface area contributed by atoms with Crippen molar-refractivity contribution < 1.29 is 9.59 Å². The van der Waals surface area contributed by atoms with E-state index in [0.717, 1.165) is 11.8 Å². The second-order valence-corrected chi connectivity index (χ2v) is 7.50. The molecule has 1 aromatic heterocycles. The number of H-pyrrole nitrogens is 1. The van der Waals surface area contributed by atoms with Crippen LogP contribution in [0.3, 0.4) is 0 Å². The molecule has 2 amide bonds. The number of nitrogens with one attached hydrogen (secondary N) is 3. The number of carbonyl (C=O) groups excluding carboxylic acids is 2. The summed E-state index contributed by atoms with van der Waals surface area (Å²) in [6.07, 6.45) is 0.310. The minimum absolute atomic E-state index is 0.0374. The minimum Gasteiger partial charge on any atom is -0.325 e. The highest BCUT2D eigenvalue weighted by Gasteiger charge is 2.14. The van der Waals surface area contributed by atoms with Gasteiger partial charge in [0, 0.05) is 22.7 Å². The van der Waals surface area contributed by atoms with E-state index in [0.29, 0.717) is 28.4 Å². The molecule has 0 saturated heterocycles. The Morgan fingerprint density at radius 1 is 1.03 bits per heavy atom. The maximum absolute atomic E-state index is 12.5. The minimum atomic E-state index is -0.469. The van der Waals surface area contributed by atoms with E-state index in [1.807, 2.05) is 0 Å². The van der Waals surface area contributed by atoms with Crippen LogP contribution in [0.4, 0.5) is 11.4 Å². The third kappa shape index (κ3) is 5.68. The molecule has 0 radical (unpaired) electrons. The highest BCUT2D eigenvalue weighted by Crippen LogP contribution is 2.24. The summed E-state index contributed by atoms with van der Waals surface area (Å²) in [5, 5.41) is 14.2. The molecule has 0 fully saturated rings. The molecule has 30 heavy (non-hydrogen) atoms. The van der Waals surface area contributed by atoms with Gasteiger partial charge in [-0.15, -0.1) is 10.2 Å². The van der Waals surface area contributed by atoms with Gasteiger partial charge in [0.1, 0.15) is 0 Å². The fraction of sp³-hybridized carbons (Fsp3) is 0.150. The van der Waals surface area contributed by atoms with Crippen LogP contribution >= 0.6 is 23.4 Å². The first-order valence-corrected chi connectivity index (χ1v) is 10.4. The number of thioether (sulfide) groups is 1. The van der Waals surface area contributed by atoms with Gasteiger partial charge in [-0.1, -0.05) is 48.5 Å². The van der Waals surface area contributed by atoms with Crippen LogP contribution in [-0.4, -0.2) is 32.7 Å². The lowest BCUT2D eigenvalue weighted by Gasteiger charge is -2.09. The van der Waals surface area contributed by atoms with Crippen molar-refractivity contribution in [2.75, 3.05) is 16.4 Å². The smallest absolute Gasteiger partial charge is 0.278 e. The summed E-state index contributed by atoms with van der Waals surface area (Å²) in [6, 6.07) is 13.6. The van der Waals surface area contributed by atoms with E-state index >= 15 is 0 Å². The van der Waals surface area contributed by atoms with E-state index in [1.165, 1.54) is 0 Å². The Morgan fingerprint density at radius 2 is 1.77 bits per heavy atom. The number of amides is 2. The maximum Gasteiger partial charge on any atom is 0.278 e. The number of carbonyl (C=O) groups is 2. The lowest BCUT2D eigenvalue weighted by molar-refractivity contribution is -0.116. The molecule has 0 aliphatic heterocycles. The molecule has 2 aromatic carbocycles. The quantitative estimate of drug-likeness (QED) is 0.480. The van der Waals surface area contributed by atoms with Gasteiger partial charge in [-0.25, -0.2) is 0 Å². The number of benzene rings is 2. The van der Waals surface area contributed by atoms with Crippen LogP contribution in [0.2, 0.25) is 5.02 Å². The Balaban J connectivity index is 1.69. The molecule has 0 unspecified atom stereocenters. The number of hydrogen-bond donors (Lipinski definition) is 3. The molecule has 0 spiro atoms. The molecule has 10 heteroatoms. The van der Waals surface area contributed by atoms with Crippen LogP contribution in [0.5, 0.6) is 0 Å². The first-order chi connectivity index (χ1) is 14.5. The summed E-state index contributed by atoms with van der Waals surface area (Å²) in [5.41, 5.74) is 1.17. The monoisotopic (exact) mass is 443 g/mol. The molecule has 3 N–H and O–H groups in total. The number of aromatic amines is 1. The van der Waals surface area contributed by atoms with Gasteiger partial charge in [0.25, 0.3) is 5.56 Å². The molecular weight excluding hydrogens is 426 g/mol. The van der Waals surface area contributed by atoms with E-state index in [1.54, 1.807) is 55.5 Å². The summed E-state index contributed by atoms with van der Waals surface area (Å²) in [6.45, 7) is 1.74. The molecule has 0 bridgehead atoms. The Bertz CT molecular complexity index is 1120. The molecule has 154 valence electrons. The van der Waals surface area contributed by atoms with Crippen molar-refractivity contribution >= 4 is 46.6 Å². The first-order valence-electron chi connectivity index (χ1n) is 9.00. The Labute approximate surface area is 181 Å². The zero-order valence-electron chi connectivity index (χ0n) is 15.9. The van der Waals surface area contributed by atoms with Crippen LogP contribution in [0.1, 0.15) is 13.3 Å². The second-order valence-electron chi connectivity index (χ2n) is 6.10. The summed E-state index contributed by atoms with van der Waals surface area (Å²) >= 11 is 6.87. The lowest BCUT2D eigenvalue weighted by Crippen LogP contribution is -2.18. The van der Waals surface area contributed by atoms with Crippen LogP contribution in [0, 0.1) is 0 Å². The zero-order chi connectivity index (χ0) is 21.5. The summed E-state index contributed by atoms with van der Waals surface area (Å²) in [4.78, 5) is 38.9. The standard InChI is InChI=1S/C20H18ClN5O3S/c1-2-16(27)23-15-6-4-3-5-14(15)18-19(29)24-20(26-25-18)30-11-17(28)22-13-9-7-12(21)8-10-13/h3-10H,2,11H2,1H3,(H,22,28)(H,23,27)(H,24,26,29). The van der Waals surface area contributed by atoms with Crippen molar-refractivity contribution in [3.63, 3.8) is 0 Å². The van der Waals surface area contributed by atoms with Crippen molar-refractivity contribution in [1.29, 1.82) is 0 Å². The molecule has 0 aliphatic rings. The largest absolute Gasteiger partial charge is 0.325 e. The van der Waals surface area contributed by atoms with Gasteiger partial charge in [0.2, 0.25) is 11.8 Å². The van der Waals surface area contributed by atoms with Gasteiger partial charge in [-0.3, -0.25) is 19.4 Å². The van der Waals surface area contributed by atoms with Crippen LogP contribution in [0.25, 0.3) is 11.3 Å². The molecule has 0 aliphatic carbocycles. The number of rotatable bonds is 7. The SMILES string of the molecule is CCC(=O)Nc1ccccc1-c1nnc(SCC(=O)Nc2ccc(Cl)cc2)[nH]c1=O. The Kier molecular flexibility index (Phi) is 7.21. The molecular formula is C20H18ClN5O3S. The molecule has 0 atom stereocenters. The van der Waals surface area contributed by atoms with E-state index in [-0.39, 0.29) is 28.4 Å². The molecule has 1 heterocycles. The van der Waals surface area contributed by atoms with Gasteiger partial charge in [0.15, 0.2) is 10.9 Å². The normalized spacial score (nSPS) is 10.5. The van der Waals surface area contributed by atoms with Crippen molar-refractivity contribution in [1.82, 2.24) is 15.2 Å². The fourth-order valence-electron chi connectivity index (χ4n) is 2.46. The van der Waals surface area contributed by atoms with Crippen LogP contribution < -0.4 is 16.2 Å². The summed E-state index contributed by atoms with van der Waals surface area (Å²) < 4.78 is 0. The van der Waals surface area contributed by atoms with Crippen molar-refractivity contribution in [3.05, 3.63) is 63.9 Å². The zero-order valence-corrected chi connectivity index (χ0v) is 17.5. The molecule has 3 aromatic rings. The highest BCUT2D eigenvalue weighted by atomic mass is 35.5. The number of aromatic nitrogens is 3. The topological polar surface area (TPSA) is 117 Å². The van der Waals surface area contributed by atoms with E-state index in [2.05, 4.69) is 25.8 Å². The number of anilines is 2. The number of para-hydroxylation sites is 1. The number of hydrogen-bond acceptors (Lipinski definition) is 6. The lowest BCUT2D eigenvalue weighted by atomic mass is 10.1. The van der Waals surface area contributed by atoms with E-state index in [4.69, 9.17) is 11.6 Å². The second kappa shape index (κ2) is 10.0.